The number of amides is 1. The molecule has 1 amide bonds. The number of carbonyl (C=O) groups is 1. The van der Waals surface area contributed by atoms with Gasteiger partial charge < -0.3 is 4.90 Å². The summed E-state index contributed by atoms with van der Waals surface area (Å²) in [4.78, 5) is 32.7. The molecule has 0 fully saturated rings. The molecule has 0 spiro atoms. The maximum Gasteiger partial charge on any atom is 0.265 e. The van der Waals surface area contributed by atoms with E-state index < -0.39 is 0 Å². The molecule has 0 aliphatic rings. The fraction of sp³-hybridized carbons (Fsp3) is 0.192. The molecule has 0 aliphatic carbocycles. The highest BCUT2D eigenvalue weighted by Gasteiger charge is 2.18. The van der Waals surface area contributed by atoms with Crippen molar-refractivity contribution in [1.29, 1.82) is 0 Å². The summed E-state index contributed by atoms with van der Waals surface area (Å²) in [7, 11) is 0. The van der Waals surface area contributed by atoms with Crippen LogP contribution in [0.15, 0.2) is 83.7 Å². The molecule has 4 aromatic rings. The van der Waals surface area contributed by atoms with Crippen molar-refractivity contribution in [2.24, 2.45) is 0 Å². The van der Waals surface area contributed by atoms with Crippen molar-refractivity contribution in [1.82, 2.24) is 9.55 Å². The minimum atomic E-state index is -0.115. The quantitative estimate of drug-likeness (QED) is 0.441. The second kappa shape index (κ2) is 8.96. The summed E-state index contributed by atoms with van der Waals surface area (Å²) in [6.45, 7) is 4.59. The average Bonchev–Trinajstić information content (AvgIpc) is 2.80. The second-order valence-electron chi connectivity index (χ2n) is 7.51. The van der Waals surface area contributed by atoms with E-state index in [0.29, 0.717) is 34.5 Å². The van der Waals surface area contributed by atoms with Crippen LogP contribution in [0.5, 0.6) is 0 Å². The largest absolute Gasteiger partial charge is 0.308 e. The number of aryl methyl sites for hydroxylation is 1. The molecule has 156 valence electrons. The van der Waals surface area contributed by atoms with Gasteiger partial charge in [-0.2, -0.15) is 0 Å². The number of anilines is 1. The predicted molar refractivity (Wildman–Crippen MR) is 125 cm³/mol. The van der Waals surface area contributed by atoms with Crippen molar-refractivity contribution in [3.05, 3.63) is 101 Å². The Bertz CT molecular complexity index is 1260. The number of aromatic nitrogens is 2. The second-order valence-corrected chi connectivity index (χ2v) is 7.51. The monoisotopic (exact) mass is 411 g/mol. The molecule has 0 saturated heterocycles. The summed E-state index contributed by atoms with van der Waals surface area (Å²) in [5, 5.41) is 0.572. The van der Waals surface area contributed by atoms with Crippen molar-refractivity contribution in [2.45, 2.75) is 26.7 Å². The lowest BCUT2D eigenvalue weighted by atomic mass is 10.1. The third kappa shape index (κ3) is 4.12. The summed E-state index contributed by atoms with van der Waals surface area (Å²) < 4.78 is 1.59. The zero-order valence-corrected chi connectivity index (χ0v) is 17.8. The summed E-state index contributed by atoms with van der Waals surface area (Å²) in [5.41, 5.74) is 2.73. The number of nitrogens with zero attached hydrogens (tertiary/aromatic N) is 3. The van der Waals surface area contributed by atoms with Gasteiger partial charge in [-0.15, -0.1) is 0 Å². The highest BCUT2D eigenvalue weighted by atomic mass is 16.2. The highest BCUT2D eigenvalue weighted by molar-refractivity contribution is 6.06. The number of unbranched alkanes of at least 4 members (excludes halogenated alkanes) is 1. The van der Waals surface area contributed by atoms with Crippen LogP contribution < -0.4 is 10.5 Å². The molecule has 0 unspecified atom stereocenters. The van der Waals surface area contributed by atoms with Crippen LogP contribution in [0.25, 0.3) is 16.6 Å². The van der Waals surface area contributed by atoms with Crippen molar-refractivity contribution in [3.63, 3.8) is 0 Å². The Morgan fingerprint density at radius 3 is 2.32 bits per heavy atom. The molecule has 0 radical (unpaired) electrons. The van der Waals surface area contributed by atoms with Crippen LogP contribution in [0.2, 0.25) is 0 Å². The zero-order valence-electron chi connectivity index (χ0n) is 17.8. The van der Waals surface area contributed by atoms with E-state index in [4.69, 9.17) is 0 Å². The van der Waals surface area contributed by atoms with E-state index in [0.717, 1.165) is 18.5 Å². The number of hydrogen-bond acceptors (Lipinski definition) is 3. The van der Waals surface area contributed by atoms with Crippen molar-refractivity contribution >= 4 is 22.5 Å². The van der Waals surface area contributed by atoms with Crippen LogP contribution in [-0.2, 0) is 0 Å². The van der Waals surface area contributed by atoms with Gasteiger partial charge in [-0.3, -0.25) is 14.2 Å². The molecule has 5 heteroatoms. The van der Waals surface area contributed by atoms with Gasteiger partial charge in [0.05, 0.1) is 16.6 Å². The van der Waals surface area contributed by atoms with Gasteiger partial charge in [0.15, 0.2) is 0 Å². The fourth-order valence-corrected chi connectivity index (χ4v) is 3.73. The molecule has 5 nitrogen and oxygen atoms in total. The number of benzene rings is 3. The van der Waals surface area contributed by atoms with E-state index in [9.17, 15) is 9.59 Å². The number of rotatable bonds is 6. The Morgan fingerprint density at radius 1 is 0.935 bits per heavy atom. The molecule has 0 atom stereocenters. The summed E-state index contributed by atoms with van der Waals surface area (Å²) >= 11 is 0. The number of fused-ring (bicyclic) bond motifs is 1. The van der Waals surface area contributed by atoms with Crippen LogP contribution in [-0.4, -0.2) is 22.0 Å². The first-order valence-electron chi connectivity index (χ1n) is 10.6. The zero-order chi connectivity index (χ0) is 21.8. The van der Waals surface area contributed by atoms with Crippen LogP contribution in [0.3, 0.4) is 0 Å². The van der Waals surface area contributed by atoms with Crippen LogP contribution in [0.4, 0.5) is 5.69 Å². The van der Waals surface area contributed by atoms with E-state index in [1.807, 2.05) is 60.4 Å². The van der Waals surface area contributed by atoms with E-state index in [2.05, 4.69) is 11.9 Å². The van der Waals surface area contributed by atoms with Gasteiger partial charge in [-0.1, -0.05) is 43.7 Å². The molecular formula is C26H25N3O2. The van der Waals surface area contributed by atoms with Crippen LogP contribution in [0, 0.1) is 6.92 Å². The molecular weight excluding hydrogens is 386 g/mol. The fourth-order valence-electron chi connectivity index (χ4n) is 3.73. The van der Waals surface area contributed by atoms with Gasteiger partial charge in [0.25, 0.3) is 11.5 Å². The normalized spacial score (nSPS) is 10.9. The van der Waals surface area contributed by atoms with Gasteiger partial charge in [0.1, 0.15) is 5.82 Å². The Balaban J connectivity index is 1.69. The molecule has 0 aliphatic heterocycles. The van der Waals surface area contributed by atoms with Gasteiger partial charge in [-0.25, -0.2) is 4.98 Å². The average molecular weight is 412 g/mol. The van der Waals surface area contributed by atoms with E-state index >= 15 is 0 Å². The van der Waals surface area contributed by atoms with Crippen LogP contribution >= 0.6 is 0 Å². The van der Waals surface area contributed by atoms with Gasteiger partial charge >= 0.3 is 0 Å². The third-order valence-corrected chi connectivity index (χ3v) is 5.36. The van der Waals surface area contributed by atoms with Gasteiger partial charge in [0, 0.05) is 17.8 Å². The first-order valence-corrected chi connectivity index (χ1v) is 10.6. The number of hydrogen-bond donors (Lipinski definition) is 0. The molecule has 3 aromatic carbocycles. The van der Waals surface area contributed by atoms with Gasteiger partial charge in [0.2, 0.25) is 0 Å². The maximum absolute atomic E-state index is 13.3. The Kier molecular flexibility index (Phi) is 5.94. The highest BCUT2D eigenvalue weighted by Crippen LogP contribution is 2.19. The topological polar surface area (TPSA) is 55.2 Å². The third-order valence-electron chi connectivity index (χ3n) is 5.36. The maximum atomic E-state index is 13.3. The molecule has 0 N–H and O–H groups in total. The molecule has 0 saturated carbocycles. The first-order chi connectivity index (χ1) is 15.1. The lowest BCUT2D eigenvalue weighted by molar-refractivity contribution is 0.0986. The summed E-state index contributed by atoms with van der Waals surface area (Å²) in [6.07, 6.45) is 1.93. The van der Waals surface area contributed by atoms with Crippen LogP contribution in [0.1, 0.15) is 35.9 Å². The predicted octanol–water partition coefficient (Wildman–Crippen LogP) is 5.14. The lowest BCUT2D eigenvalue weighted by Gasteiger charge is -2.23. The number of para-hydroxylation sites is 2. The first kappa shape index (κ1) is 20.5. The minimum Gasteiger partial charge on any atom is -0.308 e. The van der Waals surface area contributed by atoms with Crippen molar-refractivity contribution < 1.29 is 4.79 Å². The molecule has 0 bridgehead atoms. The molecule has 1 aromatic heterocycles. The standard InChI is InChI=1S/C26H25N3O2/c1-3-4-18-28(21-10-6-5-7-11-21)25(30)20-14-16-22(17-15-20)29-19(2)27-24-13-9-8-12-23(24)26(29)31/h5-17H,3-4,18H2,1-2H3. The lowest BCUT2D eigenvalue weighted by Crippen LogP contribution is -2.32. The summed E-state index contributed by atoms with van der Waals surface area (Å²) in [5.74, 6) is 0.559. The minimum absolute atomic E-state index is 0.0492. The van der Waals surface area contributed by atoms with E-state index in [1.165, 1.54) is 0 Å². The van der Waals surface area contributed by atoms with Crippen molar-refractivity contribution in [2.75, 3.05) is 11.4 Å². The Morgan fingerprint density at radius 2 is 1.61 bits per heavy atom. The molecule has 1 heterocycles. The Labute approximate surface area is 181 Å². The number of carbonyl (C=O) groups excluding carboxylic acids is 1. The van der Waals surface area contributed by atoms with E-state index in [1.54, 1.807) is 34.9 Å². The van der Waals surface area contributed by atoms with E-state index in [-0.39, 0.29) is 11.5 Å². The Hall–Kier alpha value is -3.73. The smallest absolute Gasteiger partial charge is 0.265 e. The summed E-state index contributed by atoms with van der Waals surface area (Å²) in [6, 6.07) is 24.2. The SMILES string of the molecule is CCCCN(C(=O)c1ccc(-n2c(C)nc3ccccc3c2=O)cc1)c1ccccc1. The van der Waals surface area contributed by atoms with Gasteiger partial charge in [-0.05, 0) is 61.9 Å². The van der Waals surface area contributed by atoms with Crippen molar-refractivity contribution in [3.8, 4) is 5.69 Å². The molecule has 4 rings (SSSR count). The molecule has 31 heavy (non-hydrogen) atoms.